The molecule has 2 aliphatic rings. The summed E-state index contributed by atoms with van der Waals surface area (Å²) in [6.07, 6.45) is 7.84. The third-order valence-electron chi connectivity index (χ3n) is 3.32. The zero-order chi connectivity index (χ0) is 7.73. The molecule has 2 nitrogen and oxygen atoms in total. The Balaban J connectivity index is 0.000000720. The second-order valence-electron chi connectivity index (χ2n) is 4.15. The van der Waals surface area contributed by atoms with Gasteiger partial charge in [0.15, 0.2) is 0 Å². The van der Waals surface area contributed by atoms with Gasteiger partial charge in [0.2, 0.25) is 0 Å². The van der Waals surface area contributed by atoms with E-state index in [4.69, 9.17) is 5.73 Å². The minimum atomic E-state index is 0. The number of rotatable bonds is 0. The topological polar surface area (TPSA) is 38.0 Å². The SMILES string of the molecule is Cl.Cl.NC1CCC2(CCCN2)CC1. The lowest BCUT2D eigenvalue weighted by atomic mass is 9.79. The Morgan fingerprint density at radius 2 is 1.69 bits per heavy atom. The van der Waals surface area contributed by atoms with E-state index >= 15 is 0 Å². The van der Waals surface area contributed by atoms with Crippen LogP contribution in [-0.4, -0.2) is 18.1 Å². The number of nitrogens with two attached hydrogens (primary N) is 1. The molecule has 2 fully saturated rings. The molecule has 0 unspecified atom stereocenters. The smallest absolute Gasteiger partial charge is 0.0183 e. The predicted molar refractivity (Wildman–Crippen MR) is 60.9 cm³/mol. The lowest BCUT2D eigenvalue weighted by molar-refractivity contribution is 0.245. The van der Waals surface area contributed by atoms with Gasteiger partial charge in [-0.25, -0.2) is 0 Å². The fourth-order valence-electron chi connectivity index (χ4n) is 2.49. The van der Waals surface area contributed by atoms with Crippen molar-refractivity contribution >= 4 is 24.8 Å². The third kappa shape index (κ3) is 2.98. The van der Waals surface area contributed by atoms with E-state index in [1.807, 2.05) is 0 Å². The number of hydrogen-bond acceptors (Lipinski definition) is 2. The van der Waals surface area contributed by atoms with E-state index in [2.05, 4.69) is 5.32 Å². The van der Waals surface area contributed by atoms with E-state index in [-0.39, 0.29) is 24.8 Å². The Bertz CT molecular complexity index is 137. The van der Waals surface area contributed by atoms with E-state index in [9.17, 15) is 0 Å². The van der Waals surface area contributed by atoms with Crippen molar-refractivity contribution < 1.29 is 0 Å². The van der Waals surface area contributed by atoms with Crippen LogP contribution in [0.1, 0.15) is 38.5 Å². The van der Waals surface area contributed by atoms with Gasteiger partial charge in [-0.1, -0.05) is 0 Å². The molecule has 1 aliphatic carbocycles. The normalized spacial score (nSPS) is 38.1. The quantitative estimate of drug-likeness (QED) is 0.662. The molecule has 0 aromatic heterocycles. The summed E-state index contributed by atoms with van der Waals surface area (Å²) >= 11 is 0. The van der Waals surface area contributed by atoms with Gasteiger partial charge in [-0.05, 0) is 45.1 Å². The van der Waals surface area contributed by atoms with Gasteiger partial charge < -0.3 is 11.1 Å². The molecule has 1 saturated heterocycles. The van der Waals surface area contributed by atoms with Gasteiger partial charge in [-0.15, -0.1) is 24.8 Å². The van der Waals surface area contributed by atoms with Gasteiger partial charge in [0, 0.05) is 11.6 Å². The van der Waals surface area contributed by atoms with Crippen molar-refractivity contribution in [3.05, 3.63) is 0 Å². The lowest BCUT2D eigenvalue weighted by Crippen LogP contribution is -2.45. The first-order valence-corrected chi connectivity index (χ1v) is 4.81. The number of hydrogen-bond donors (Lipinski definition) is 2. The van der Waals surface area contributed by atoms with Gasteiger partial charge in [0.05, 0.1) is 0 Å². The van der Waals surface area contributed by atoms with Crippen LogP contribution < -0.4 is 11.1 Å². The minimum Gasteiger partial charge on any atom is -0.328 e. The Labute approximate surface area is 92.8 Å². The zero-order valence-electron chi connectivity index (χ0n) is 7.92. The maximum Gasteiger partial charge on any atom is 0.0183 e. The summed E-state index contributed by atoms with van der Waals surface area (Å²) in [5.41, 5.74) is 6.38. The van der Waals surface area contributed by atoms with Crippen LogP contribution in [0, 0.1) is 0 Å². The van der Waals surface area contributed by atoms with Crippen molar-refractivity contribution in [3.8, 4) is 0 Å². The van der Waals surface area contributed by atoms with Crippen molar-refractivity contribution in [1.82, 2.24) is 5.32 Å². The molecule has 2 rings (SSSR count). The zero-order valence-corrected chi connectivity index (χ0v) is 9.55. The molecule has 0 atom stereocenters. The Hall–Kier alpha value is 0.500. The summed E-state index contributed by atoms with van der Waals surface area (Å²) < 4.78 is 0. The molecule has 1 heterocycles. The Kier molecular flexibility index (Phi) is 5.61. The van der Waals surface area contributed by atoms with Gasteiger partial charge in [-0.3, -0.25) is 0 Å². The molecule has 13 heavy (non-hydrogen) atoms. The number of nitrogens with one attached hydrogen (secondary N) is 1. The van der Waals surface area contributed by atoms with Crippen LogP contribution >= 0.6 is 24.8 Å². The van der Waals surface area contributed by atoms with Gasteiger partial charge in [0.1, 0.15) is 0 Å². The molecular formula is C9H20Cl2N2. The average molecular weight is 227 g/mol. The highest BCUT2D eigenvalue weighted by molar-refractivity contribution is 5.85. The number of halogens is 2. The van der Waals surface area contributed by atoms with Gasteiger partial charge >= 0.3 is 0 Å². The summed E-state index contributed by atoms with van der Waals surface area (Å²) in [7, 11) is 0. The highest BCUT2D eigenvalue weighted by atomic mass is 35.5. The van der Waals surface area contributed by atoms with Gasteiger partial charge in [-0.2, -0.15) is 0 Å². The fourth-order valence-corrected chi connectivity index (χ4v) is 2.49. The average Bonchev–Trinajstić information content (AvgIpc) is 2.45. The fraction of sp³-hybridized carbons (Fsp3) is 1.00. The molecule has 0 aromatic rings. The van der Waals surface area contributed by atoms with E-state index < -0.39 is 0 Å². The molecule has 1 spiro atoms. The van der Waals surface area contributed by atoms with Gasteiger partial charge in [0.25, 0.3) is 0 Å². The van der Waals surface area contributed by atoms with Crippen molar-refractivity contribution in [1.29, 1.82) is 0 Å². The van der Waals surface area contributed by atoms with Crippen LogP contribution in [-0.2, 0) is 0 Å². The van der Waals surface area contributed by atoms with Crippen molar-refractivity contribution in [3.63, 3.8) is 0 Å². The van der Waals surface area contributed by atoms with Crippen LogP contribution in [0.3, 0.4) is 0 Å². The summed E-state index contributed by atoms with van der Waals surface area (Å²) in [5.74, 6) is 0. The summed E-state index contributed by atoms with van der Waals surface area (Å²) in [5, 5.41) is 3.64. The second-order valence-corrected chi connectivity index (χ2v) is 4.15. The van der Waals surface area contributed by atoms with Crippen molar-refractivity contribution in [2.24, 2.45) is 5.73 Å². The maximum atomic E-state index is 5.86. The molecule has 0 bridgehead atoms. The molecule has 0 amide bonds. The largest absolute Gasteiger partial charge is 0.328 e. The molecular weight excluding hydrogens is 207 g/mol. The van der Waals surface area contributed by atoms with Crippen LogP contribution in [0.25, 0.3) is 0 Å². The van der Waals surface area contributed by atoms with E-state index in [1.54, 1.807) is 0 Å². The molecule has 3 N–H and O–H groups in total. The third-order valence-corrected chi connectivity index (χ3v) is 3.32. The maximum absolute atomic E-state index is 5.86. The van der Waals surface area contributed by atoms with Crippen LogP contribution in [0.4, 0.5) is 0 Å². The first kappa shape index (κ1) is 13.5. The molecule has 0 radical (unpaired) electrons. The first-order valence-electron chi connectivity index (χ1n) is 4.81. The molecule has 1 saturated carbocycles. The van der Waals surface area contributed by atoms with Crippen LogP contribution in [0.15, 0.2) is 0 Å². The Morgan fingerprint density at radius 1 is 1.08 bits per heavy atom. The molecule has 1 aliphatic heterocycles. The van der Waals surface area contributed by atoms with E-state index in [0.29, 0.717) is 11.6 Å². The summed E-state index contributed by atoms with van der Waals surface area (Å²) in [6.45, 7) is 1.23. The first-order chi connectivity index (χ1) is 5.31. The molecule has 0 aromatic carbocycles. The second kappa shape index (κ2) is 5.40. The van der Waals surface area contributed by atoms with Crippen molar-refractivity contribution in [2.75, 3.05) is 6.54 Å². The summed E-state index contributed by atoms with van der Waals surface area (Å²) in [4.78, 5) is 0. The molecule has 80 valence electrons. The monoisotopic (exact) mass is 226 g/mol. The van der Waals surface area contributed by atoms with Crippen LogP contribution in [0.2, 0.25) is 0 Å². The highest BCUT2D eigenvalue weighted by Gasteiger charge is 2.36. The van der Waals surface area contributed by atoms with E-state index in [0.717, 1.165) is 0 Å². The van der Waals surface area contributed by atoms with E-state index in [1.165, 1.54) is 45.1 Å². The minimum absolute atomic E-state index is 0. The standard InChI is InChI=1S/C9H18N2.2ClH/c10-8-2-5-9(6-3-8)4-1-7-11-9;;/h8,11H,1-7,10H2;2*1H. The molecule has 4 heteroatoms. The lowest BCUT2D eigenvalue weighted by Gasteiger charge is -2.36. The predicted octanol–water partition coefficient (Wildman–Crippen LogP) is 1.85. The van der Waals surface area contributed by atoms with Crippen LogP contribution in [0.5, 0.6) is 0 Å². The summed E-state index contributed by atoms with van der Waals surface area (Å²) in [6, 6.07) is 0.489. The highest BCUT2D eigenvalue weighted by Crippen LogP contribution is 2.34. The van der Waals surface area contributed by atoms with Crippen molar-refractivity contribution in [2.45, 2.75) is 50.1 Å². The Morgan fingerprint density at radius 3 is 2.15 bits per heavy atom.